The van der Waals surface area contributed by atoms with E-state index >= 15 is 0 Å². The smallest absolute Gasteiger partial charge is 0.416 e. The molecule has 0 unspecified atom stereocenters. The van der Waals surface area contributed by atoms with Gasteiger partial charge in [0.25, 0.3) is 0 Å². The Morgan fingerprint density at radius 2 is 2.14 bits per heavy atom. The van der Waals surface area contributed by atoms with E-state index in [4.69, 9.17) is 9.15 Å². The van der Waals surface area contributed by atoms with Crippen LogP contribution in [0.3, 0.4) is 0 Å². The summed E-state index contributed by atoms with van der Waals surface area (Å²) in [5.74, 6) is 0.689. The van der Waals surface area contributed by atoms with Gasteiger partial charge >= 0.3 is 5.76 Å². The van der Waals surface area contributed by atoms with Crippen LogP contribution in [-0.2, 0) is 0 Å². The standard InChI is InChI=1S/C10H9NO3/c1-13-8-5-3-2-4-7(8)9-6-11-10(12)14-9/h2-6H,1H3,(H,11,12). The lowest BCUT2D eigenvalue weighted by atomic mass is 10.1. The van der Waals surface area contributed by atoms with E-state index in [-0.39, 0.29) is 0 Å². The van der Waals surface area contributed by atoms with Gasteiger partial charge in [-0.2, -0.15) is 0 Å². The molecule has 0 aliphatic heterocycles. The average Bonchev–Trinajstić information content (AvgIpc) is 2.65. The number of methoxy groups -OCH3 is 1. The number of benzene rings is 1. The lowest BCUT2D eigenvalue weighted by Gasteiger charge is -2.03. The van der Waals surface area contributed by atoms with Crippen molar-refractivity contribution >= 4 is 0 Å². The fraction of sp³-hybridized carbons (Fsp3) is 0.100. The van der Waals surface area contributed by atoms with Gasteiger partial charge in [-0.25, -0.2) is 4.79 Å². The van der Waals surface area contributed by atoms with Crippen molar-refractivity contribution in [3.63, 3.8) is 0 Å². The first kappa shape index (κ1) is 8.62. The largest absolute Gasteiger partial charge is 0.496 e. The van der Waals surface area contributed by atoms with E-state index in [1.165, 1.54) is 6.20 Å². The summed E-state index contributed by atoms with van der Waals surface area (Å²) in [6.07, 6.45) is 1.51. The predicted molar refractivity (Wildman–Crippen MR) is 51.3 cm³/mol. The summed E-state index contributed by atoms with van der Waals surface area (Å²) in [5.41, 5.74) is 0.758. The first-order chi connectivity index (χ1) is 6.81. The first-order valence-electron chi connectivity index (χ1n) is 4.13. The van der Waals surface area contributed by atoms with Crippen LogP contribution in [0.25, 0.3) is 11.3 Å². The van der Waals surface area contributed by atoms with Crippen molar-refractivity contribution in [2.75, 3.05) is 7.11 Å². The van der Waals surface area contributed by atoms with Crippen molar-refractivity contribution in [3.05, 3.63) is 41.0 Å². The highest BCUT2D eigenvalue weighted by molar-refractivity contribution is 5.64. The van der Waals surface area contributed by atoms with E-state index in [0.29, 0.717) is 11.5 Å². The van der Waals surface area contributed by atoms with Crippen molar-refractivity contribution in [3.8, 4) is 17.1 Å². The maximum atomic E-state index is 10.8. The van der Waals surface area contributed by atoms with E-state index < -0.39 is 5.76 Å². The summed E-state index contributed by atoms with van der Waals surface area (Å²) in [4.78, 5) is 13.2. The number of aromatic nitrogens is 1. The molecule has 2 rings (SSSR count). The molecule has 4 nitrogen and oxygen atoms in total. The van der Waals surface area contributed by atoms with Gasteiger partial charge in [0, 0.05) is 0 Å². The lowest BCUT2D eigenvalue weighted by Crippen LogP contribution is -1.92. The number of ether oxygens (including phenoxy) is 1. The molecule has 2 aromatic rings. The SMILES string of the molecule is COc1ccccc1-c1c[nH]c(=O)o1. The Kier molecular flexibility index (Phi) is 2.10. The monoisotopic (exact) mass is 191 g/mol. The highest BCUT2D eigenvalue weighted by Crippen LogP contribution is 2.27. The summed E-state index contributed by atoms with van der Waals surface area (Å²) in [6.45, 7) is 0. The molecule has 0 saturated heterocycles. The van der Waals surface area contributed by atoms with Crippen LogP contribution in [0.1, 0.15) is 0 Å². The van der Waals surface area contributed by atoms with Gasteiger partial charge in [-0.15, -0.1) is 0 Å². The first-order valence-corrected chi connectivity index (χ1v) is 4.13. The molecule has 1 N–H and O–H groups in total. The van der Waals surface area contributed by atoms with E-state index in [0.717, 1.165) is 5.56 Å². The third-order valence-corrected chi connectivity index (χ3v) is 1.90. The number of rotatable bonds is 2. The number of para-hydroxylation sites is 1. The zero-order valence-electron chi connectivity index (χ0n) is 7.61. The molecule has 14 heavy (non-hydrogen) atoms. The fourth-order valence-corrected chi connectivity index (χ4v) is 1.26. The molecule has 0 atom stereocenters. The second-order valence-corrected chi connectivity index (χ2v) is 2.74. The minimum Gasteiger partial charge on any atom is -0.496 e. The Labute approximate surface area is 80.1 Å². The van der Waals surface area contributed by atoms with Gasteiger partial charge in [-0.05, 0) is 12.1 Å². The molecular weight excluding hydrogens is 182 g/mol. The van der Waals surface area contributed by atoms with Gasteiger partial charge in [0.05, 0.1) is 18.9 Å². The van der Waals surface area contributed by atoms with Crippen molar-refractivity contribution < 1.29 is 9.15 Å². The van der Waals surface area contributed by atoms with Crippen LogP contribution < -0.4 is 10.5 Å². The number of oxazole rings is 1. The van der Waals surface area contributed by atoms with Gasteiger partial charge < -0.3 is 9.15 Å². The Hall–Kier alpha value is -1.97. The number of nitrogens with one attached hydrogen (secondary N) is 1. The van der Waals surface area contributed by atoms with Crippen LogP contribution in [-0.4, -0.2) is 12.1 Å². The van der Waals surface area contributed by atoms with Crippen molar-refractivity contribution in [1.29, 1.82) is 0 Å². The minimum atomic E-state index is -0.467. The minimum absolute atomic E-state index is 0.467. The number of aromatic amines is 1. The highest BCUT2D eigenvalue weighted by Gasteiger charge is 2.07. The van der Waals surface area contributed by atoms with Crippen LogP contribution in [0.4, 0.5) is 0 Å². The number of hydrogen-bond acceptors (Lipinski definition) is 3. The second kappa shape index (κ2) is 3.41. The molecule has 0 aliphatic rings. The predicted octanol–water partition coefficient (Wildman–Crippen LogP) is 1.64. The normalized spacial score (nSPS) is 10.1. The van der Waals surface area contributed by atoms with Gasteiger partial charge in [0.15, 0.2) is 5.76 Å². The van der Waals surface area contributed by atoms with Crippen LogP contribution in [0.5, 0.6) is 5.75 Å². The zero-order valence-corrected chi connectivity index (χ0v) is 7.61. The van der Waals surface area contributed by atoms with Crippen LogP contribution >= 0.6 is 0 Å². The topological polar surface area (TPSA) is 55.2 Å². The highest BCUT2D eigenvalue weighted by atomic mass is 16.5. The summed E-state index contributed by atoms with van der Waals surface area (Å²) >= 11 is 0. The second-order valence-electron chi connectivity index (χ2n) is 2.74. The summed E-state index contributed by atoms with van der Waals surface area (Å²) in [6, 6.07) is 7.34. The molecule has 1 aromatic heterocycles. The third kappa shape index (κ3) is 1.42. The Morgan fingerprint density at radius 3 is 2.79 bits per heavy atom. The molecule has 0 fully saturated rings. The van der Waals surface area contributed by atoms with Gasteiger partial charge in [0.2, 0.25) is 0 Å². The Balaban J connectivity index is 2.55. The molecule has 72 valence electrons. The van der Waals surface area contributed by atoms with Gasteiger partial charge in [-0.3, -0.25) is 4.98 Å². The van der Waals surface area contributed by atoms with E-state index in [9.17, 15) is 4.79 Å². The zero-order chi connectivity index (χ0) is 9.97. The molecule has 4 heteroatoms. The van der Waals surface area contributed by atoms with Gasteiger partial charge in [0.1, 0.15) is 5.75 Å². The van der Waals surface area contributed by atoms with Crippen molar-refractivity contribution in [1.82, 2.24) is 4.98 Å². The molecule has 0 bridgehead atoms. The molecule has 0 spiro atoms. The van der Waals surface area contributed by atoms with Crippen molar-refractivity contribution in [2.45, 2.75) is 0 Å². The quantitative estimate of drug-likeness (QED) is 0.785. The summed E-state index contributed by atoms with van der Waals surface area (Å²) in [5, 5.41) is 0. The number of hydrogen-bond donors (Lipinski definition) is 1. The maximum Gasteiger partial charge on any atom is 0.416 e. The van der Waals surface area contributed by atoms with Crippen LogP contribution in [0.15, 0.2) is 39.7 Å². The van der Waals surface area contributed by atoms with E-state index in [1.54, 1.807) is 7.11 Å². The Bertz CT molecular complexity index is 484. The molecule has 0 radical (unpaired) electrons. The third-order valence-electron chi connectivity index (χ3n) is 1.90. The van der Waals surface area contributed by atoms with Crippen LogP contribution in [0, 0.1) is 0 Å². The molecule has 1 aromatic carbocycles. The van der Waals surface area contributed by atoms with Gasteiger partial charge in [-0.1, -0.05) is 12.1 Å². The van der Waals surface area contributed by atoms with E-state index in [2.05, 4.69) is 4.98 Å². The maximum absolute atomic E-state index is 10.8. The van der Waals surface area contributed by atoms with Crippen LogP contribution in [0.2, 0.25) is 0 Å². The van der Waals surface area contributed by atoms with Crippen molar-refractivity contribution in [2.24, 2.45) is 0 Å². The number of H-pyrrole nitrogens is 1. The summed E-state index contributed by atoms with van der Waals surface area (Å²) in [7, 11) is 1.57. The molecular formula is C10H9NO3. The molecule has 0 aliphatic carbocycles. The average molecular weight is 191 g/mol. The van der Waals surface area contributed by atoms with E-state index in [1.807, 2.05) is 24.3 Å². The molecule has 1 heterocycles. The molecule has 0 amide bonds. The Morgan fingerprint density at radius 1 is 1.36 bits per heavy atom. The fourth-order valence-electron chi connectivity index (χ4n) is 1.26. The lowest BCUT2D eigenvalue weighted by molar-refractivity contribution is 0.414. The molecule has 0 saturated carbocycles. The summed E-state index contributed by atoms with van der Waals surface area (Å²) < 4.78 is 10.1.